The number of pyridine rings is 1. The third kappa shape index (κ3) is 3.49. The molecular weight excluding hydrogens is 350 g/mol. The summed E-state index contributed by atoms with van der Waals surface area (Å²) in [6, 6.07) is 8.16. The van der Waals surface area contributed by atoms with Crippen LogP contribution in [0, 0.1) is 0 Å². The van der Waals surface area contributed by atoms with Crippen LogP contribution < -0.4 is 0 Å². The molecule has 0 amide bonds. The summed E-state index contributed by atoms with van der Waals surface area (Å²) in [7, 11) is -3.36. The first-order valence-electron chi connectivity index (χ1n) is 7.18. The third-order valence-corrected chi connectivity index (χ3v) is 5.02. The summed E-state index contributed by atoms with van der Waals surface area (Å²) < 4.78 is 28.6. The van der Waals surface area contributed by atoms with Crippen LogP contribution in [0.5, 0.6) is 0 Å². The maximum Gasteiger partial charge on any atom is 0.334 e. The molecule has 5 nitrogen and oxygen atoms in total. The molecule has 0 radical (unpaired) electrons. The number of nitrogens with zero attached hydrogens (tertiary/aromatic N) is 1. The highest BCUT2D eigenvalue weighted by Crippen LogP contribution is 2.30. The number of hydrogen-bond acceptors (Lipinski definition) is 5. The molecule has 0 bridgehead atoms. The van der Waals surface area contributed by atoms with Crippen LogP contribution in [0.3, 0.4) is 0 Å². The molecular formula is C17H14ClNO4S. The zero-order chi connectivity index (χ0) is 17.3. The van der Waals surface area contributed by atoms with E-state index in [0.29, 0.717) is 34.9 Å². The Morgan fingerprint density at radius 1 is 1.25 bits per heavy atom. The molecule has 0 atom stereocenters. The van der Waals surface area contributed by atoms with E-state index in [0.717, 1.165) is 11.8 Å². The van der Waals surface area contributed by atoms with Gasteiger partial charge in [0.15, 0.2) is 9.84 Å². The van der Waals surface area contributed by atoms with Gasteiger partial charge in [-0.25, -0.2) is 18.2 Å². The molecule has 2 aromatic rings. The standard InChI is InChI=1S/C17H14ClNO4S/c1-24(21,22)14-4-2-11(8-12-6-7-23-17(12)20)15(9-14)13-3-5-16(18)19-10-13/h2-5,8-10H,6-7H2,1H3/b12-8+. The van der Waals surface area contributed by atoms with Gasteiger partial charge in [-0.05, 0) is 41.5 Å². The van der Waals surface area contributed by atoms with Crippen molar-refractivity contribution in [2.75, 3.05) is 12.9 Å². The number of carbonyl (C=O) groups is 1. The van der Waals surface area contributed by atoms with Gasteiger partial charge < -0.3 is 4.74 Å². The normalized spacial score (nSPS) is 16.4. The highest BCUT2D eigenvalue weighted by Gasteiger charge is 2.20. The van der Waals surface area contributed by atoms with E-state index >= 15 is 0 Å². The lowest BCUT2D eigenvalue weighted by atomic mass is 9.99. The van der Waals surface area contributed by atoms with Gasteiger partial charge in [-0.2, -0.15) is 0 Å². The summed E-state index contributed by atoms with van der Waals surface area (Å²) in [4.78, 5) is 15.9. The fourth-order valence-electron chi connectivity index (χ4n) is 2.44. The van der Waals surface area contributed by atoms with Crippen LogP contribution in [-0.4, -0.2) is 32.2 Å². The lowest BCUT2D eigenvalue weighted by molar-refractivity contribution is -0.134. The van der Waals surface area contributed by atoms with Crippen LogP contribution in [0.25, 0.3) is 17.2 Å². The van der Waals surface area contributed by atoms with Crippen LogP contribution in [0.1, 0.15) is 12.0 Å². The SMILES string of the molecule is CS(=O)(=O)c1ccc(/C=C2\CCOC2=O)c(-c2ccc(Cl)nc2)c1. The number of sulfone groups is 1. The molecule has 24 heavy (non-hydrogen) atoms. The molecule has 1 aromatic carbocycles. The van der Waals surface area contributed by atoms with Gasteiger partial charge in [0.25, 0.3) is 0 Å². The number of ether oxygens (including phenoxy) is 1. The van der Waals surface area contributed by atoms with Gasteiger partial charge in [-0.1, -0.05) is 17.7 Å². The molecule has 7 heteroatoms. The Labute approximate surface area is 144 Å². The first kappa shape index (κ1) is 16.7. The molecule has 0 aliphatic carbocycles. The first-order chi connectivity index (χ1) is 11.3. The van der Waals surface area contributed by atoms with Crippen molar-refractivity contribution < 1.29 is 17.9 Å². The summed E-state index contributed by atoms with van der Waals surface area (Å²) in [5, 5.41) is 0.345. The van der Waals surface area contributed by atoms with Crippen LogP contribution in [0.4, 0.5) is 0 Å². The number of halogens is 1. The van der Waals surface area contributed by atoms with E-state index in [9.17, 15) is 13.2 Å². The third-order valence-electron chi connectivity index (χ3n) is 3.69. The first-order valence-corrected chi connectivity index (χ1v) is 9.45. The molecule has 0 unspecified atom stereocenters. The van der Waals surface area contributed by atoms with Crippen molar-refractivity contribution in [3.8, 4) is 11.1 Å². The maximum atomic E-state index is 11.9. The number of esters is 1. The molecule has 1 fully saturated rings. The molecule has 1 saturated heterocycles. The predicted molar refractivity (Wildman–Crippen MR) is 91.3 cm³/mol. The topological polar surface area (TPSA) is 73.3 Å². The minimum Gasteiger partial charge on any atom is -0.462 e. The number of aromatic nitrogens is 1. The average molecular weight is 364 g/mol. The molecule has 2 heterocycles. The van der Waals surface area contributed by atoms with Crippen molar-refractivity contribution in [1.29, 1.82) is 0 Å². The summed E-state index contributed by atoms with van der Waals surface area (Å²) in [6.07, 6.45) is 4.98. The van der Waals surface area contributed by atoms with Crippen molar-refractivity contribution in [2.24, 2.45) is 0 Å². The van der Waals surface area contributed by atoms with Gasteiger partial charge in [0, 0.05) is 30.0 Å². The van der Waals surface area contributed by atoms with E-state index in [4.69, 9.17) is 16.3 Å². The van der Waals surface area contributed by atoms with Crippen LogP contribution >= 0.6 is 11.6 Å². The highest BCUT2D eigenvalue weighted by atomic mass is 35.5. The quantitative estimate of drug-likeness (QED) is 0.476. The van der Waals surface area contributed by atoms with E-state index in [2.05, 4.69) is 4.98 Å². The summed E-state index contributed by atoms with van der Waals surface area (Å²) in [5.41, 5.74) is 2.66. The zero-order valence-electron chi connectivity index (χ0n) is 12.8. The molecule has 0 saturated carbocycles. The van der Waals surface area contributed by atoms with Gasteiger partial charge in [0.05, 0.1) is 11.5 Å². The van der Waals surface area contributed by atoms with Crippen LogP contribution in [-0.2, 0) is 19.4 Å². The van der Waals surface area contributed by atoms with E-state index in [1.807, 2.05) is 0 Å². The zero-order valence-corrected chi connectivity index (χ0v) is 14.4. The van der Waals surface area contributed by atoms with E-state index in [1.54, 1.807) is 36.5 Å². The number of benzene rings is 1. The Morgan fingerprint density at radius 3 is 2.62 bits per heavy atom. The van der Waals surface area contributed by atoms with Crippen molar-refractivity contribution >= 4 is 33.5 Å². The molecule has 1 aliphatic rings. The summed E-state index contributed by atoms with van der Waals surface area (Å²) >= 11 is 5.82. The molecule has 0 N–H and O–H groups in total. The Morgan fingerprint density at radius 2 is 2.04 bits per heavy atom. The number of cyclic esters (lactones) is 1. The highest BCUT2D eigenvalue weighted by molar-refractivity contribution is 7.90. The molecule has 0 spiro atoms. The predicted octanol–water partition coefficient (Wildman–Crippen LogP) is 3.14. The van der Waals surface area contributed by atoms with E-state index in [-0.39, 0.29) is 10.9 Å². The van der Waals surface area contributed by atoms with E-state index in [1.165, 1.54) is 6.07 Å². The largest absolute Gasteiger partial charge is 0.462 e. The second-order valence-electron chi connectivity index (χ2n) is 5.45. The molecule has 3 rings (SSSR count). The van der Waals surface area contributed by atoms with Gasteiger partial charge in [0.2, 0.25) is 0 Å². The molecule has 1 aliphatic heterocycles. The summed E-state index contributed by atoms with van der Waals surface area (Å²) in [6.45, 7) is 0.365. The van der Waals surface area contributed by atoms with Crippen molar-refractivity contribution in [3.05, 3.63) is 52.8 Å². The monoisotopic (exact) mass is 363 g/mol. The van der Waals surface area contributed by atoms with Crippen LogP contribution in [0.15, 0.2) is 47.0 Å². The van der Waals surface area contributed by atoms with Crippen LogP contribution in [0.2, 0.25) is 5.15 Å². The Hall–Kier alpha value is -2.18. The second kappa shape index (κ2) is 6.37. The minimum atomic E-state index is -3.36. The van der Waals surface area contributed by atoms with Crippen molar-refractivity contribution in [2.45, 2.75) is 11.3 Å². The molecule has 124 valence electrons. The van der Waals surface area contributed by atoms with Crippen molar-refractivity contribution in [1.82, 2.24) is 4.98 Å². The molecule has 1 aromatic heterocycles. The maximum absolute atomic E-state index is 11.9. The number of hydrogen-bond donors (Lipinski definition) is 0. The Kier molecular flexibility index (Phi) is 4.43. The van der Waals surface area contributed by atoms with Gasteiger partial charge in [-0.3, -0.25) is 0 Å². The van der Waals surface area contributed by atoms with Gasteiger partial charge in [0.1, 0.15) is 5.15 Å². The fourth-order valence-corrected chi connectivity index (χ4v) is 3.20. The number of carbonyl (C=O) groups excluding carboxylic acids is 1. The lowest BCUT2D eigenvalue weighted by Gasteiger charge is -2.09. The fraction of sp³-hybridized carbons (Fsp3) is 0.176. The lowest BCUT2D eigenvalue weighted by Crippen LogP contribution is -1.99. The van der Waals surface area contributed by atoms with Crippen molar-refractivity contribution in [3.63, 3.8) is 0 Å². The average Bonchev–Trinajstić information content (AvgIpc) is 2.93. The number of rotatable bonds is 3. The van der Waals surface area contributed by atoms with E-state index < -0.39 is 9.84 Å². The smallest absolute Gasteiger partial charge is 0.334 e. The Bertz CT molecular complexity index is 934. The second-order valence-corrected chi connectivity index (χ2v) is 7.85. The summed E-state index contributed by atoms with van der Waals surface area (Å²) in [5.74, 6) is -0.345. The minimum absolute atomic E-state index is 0.198. The Balaban J connectivity index is 2.18. The van der Waals surface area contributed by atoms with Gasteiger partial charge >= 0.3 is 5.97 Å². The van der Waals surface area contributed by atoms with Gasteiger partial charge in [-0.15, -0.1) is 0 Å².